The van der Waals surface area contributed by atoms with Crippen molar-refractivity contribution in [2.75, 3.05) is 52.5 Å². The first-order chi connectivity index (χ1) is 17.0. The van der Waals surface area contributed by atoms with Crippen LogP contribution in [0.5, 0.6) is 0 Å². The van der Waals surface area contributed by atoms with E-state index in [-0.39, 0.29) is 0 Å². The highest BCUT2D eigenvalue weighted by Crippen LogP contribution is 2.28. The summed E-state index contributed by atoms with van der Waals surface area (Å²) in [7, 11) is 0. The molecule has 0 aromatic rings. The van der Waals surface area contributed by atoms with Crippen LogP contribution in [-0.4, -0.2) is 127 Å². The number of nitrogens with two attached hydrogens (primary N) is 1. The summed E-state index contributed by atoms with van der Waals surface area (Å²) in [5.74, 6) is -0.456. The number of nitrogens with zero attached hydrogens (tertiary/aromatic N) is 4. The van der Waals surface area contributed by atoms with Gasteiger partial charge in [-0.2, -0.15) is 0 Å². The number of aliphatic hydroxyl groups excluding tert-OH is 1. The summed E-state index contributed by atoms with van der Waals surface area (Å²) in [6.45, 7) is 11.0. The second-order valence-electron chi connectivity index (χ2n) is 11.1. The normalized spacial score (nSPS) is 37.1. The number of rotatable bonds is 7. The minimum absolute atomic E-state index is 0.311. The Labute approximate surface area is 209 Å². The lowest BCUT2D eigenvalue weighted by Gasteiger charge is -2.47. The highest BCUT2D eigenvalue weighted by molar-refractivity contribution is 5.93. The van der Waals surface area contributed by atoms with Gasteiger partial charge in [-0.3, -0.25) is 30.2 Å². The summed E-state index contributed by atoms with van der Waals surface area (Å²) in [5.41, 5.74) is 6.20. The molecule has 4 heterocycles. The summed E-state index contributed by atoms with van der Waals surface area (Å²) in [6, 6.07) is 1.71. The van der Waals surface area contributed by atoms with Gasteiger partial charge in [-0.05, 0) is 58.0 Å². The van der Waals surface area contributed by atoms with E-state index in [0.717, 1.165) is 32.1 Å². The summed E-state index contributed by atoms with van der Waals surface area (Å²) < 4.78 is 5.37. The first kappa shape index (κ1) is 25.5. The Morgan fingerprint density at radius 3 is 2.09 bits per heavy atom. The molecular formula is C25H45N7O3. The standard InChI is InChI=1S/C25H45N7O3/c1-2-21-25(34)29-24(22(28-21)23(26)33)27-17-3-5-18(6-4-17)30-9-7-19(8-10-30)31-11-13-32(14-12-31)20-15-35-16-20/h17-20,22,24-25,27,29,34H,2-16H2,1H3,(H2,26,33). The number of carbonyl (C=O) groups is 1. The number of nitrogens with one attached hydrogen (secondary N) is 2. The van der Waals surface area contributed by atoms with Gasteiger partial charge in [0, 0.05) is 44.3 Å². The van der Waals surface area contributed by atoms with Gasteiger partial charge in [0.1, 0.15) is 6.23 Å². The van der Waals surface area contributed by atoms with Crippen LogP contribution < -0.4 is 16.4 Å². The Morgan fingerprint density at radius 1 is 0.971 bits per heavy atom. The number of amides is 1. The van der Waals surface area contributed by atoms with Gasteiger partial charge in [0.05, 0.1) is 31.1 Å². The average molecular weight is 492 g/mol. The maximum atomic E-state index is 12.0. The number of hydrogen-bond acceptors (Lipinski definition) is 9. The van der Waals surface area contributed by atoms with E-state index in [2.05, 4.69) is 30.3 Å². The van der Waals surface area contributed by atoms with Crippen molar-refractivity contribution < 1.29 is 14.6 Å². The molecule has 0 aromatic carbocycles. The molecule has 5 rings (SSSR count). The molecule has 4 aliphatic heterocycles. The molecule has 0 bridgehead atoms. The summed E-state index contributed by atoms with van der Waals surface area (Å²) >= 11 is 0. The van der Waals surface area contributed by atoms with E-state index in [1.165, 1.54) is 65.0 Å². The number of aliphatic hydroxyl groups is 1. The highest BCUT2D eigenvalue weighted by Gasteiger charge is 2.37. The van der Waals surface area contributed by atoms with Crippen molar-refractivity contribution in [3.8, 4) is 0 Å². The molecule has 4 fully saturated rings. The minimum Gasteiger partial charge on any atom is -0.378 e. The molecule has 0 aromatic heterocycles. The van der Waals surface area contributed by atoms with Crippen LogP contribution in [0.15, 0.2) is 4.99 Å². The zero-order chi connectivity index (χ0) is 24.4. The van der Waals surface area contributed by atoms with Crippen LogP contribution in [-0.2, 0) is 9.53 Å². The molecule has 3 atom stereocenters. The lowest BCUT2D eigenvalue weighted by atomic mass is 9.88. The van der Waals surface area contributed by atoms with E-state index < -0.39 is 24.3 Å². The molecule has 10 heteroatoms. The third-order valence-electron chi connectivity index (χ3n) is 9.06. The van der Waals surface area contributed by atoms with Crippen LogP contribution in [0.1, 0.15) is 51.9 Å². The smallest absolute Gasteiger partial charge is 0.245 e. The van der Waals surface area contributed by atoms with E-state index in [1.54, 1.807) is 0 Å². The predicted molar refractivity (Wildman–Crippen MR) is 135 cm³/mol. The van der Waals surface area contributed by atoms with E-state index in [0.29, 0.717) is 30.3 Å². The third kappa shape index (κ3) is 5.89. The van der Waals surface area contributed by atoms with Crippen LogP contribution >= 0.6 is 0 Å². The van der Waals surface area contributed by atoms with Crippen LogP contribution in [0, 0.1) is 0 Å². The number of hydrogen-bond donors (Lipinski definition) is 4. The molecule has 1 amide bonds. The second-order valence-corrected chi connectivity index (χ2v) is 11.1. The summed E-state index contributed by atoms with van der Waals surface area (Å²) in [5, 5.41) is 16.9. The van der Waals surface area contributed by atoms with Gasteiger partial charge in [0.15, 0.2) is 6.04 Å². The van der Waals surface area contributed by atoms with Crippen molar-refractivity contribution in [3.05, 3.63) is 0 Å². The van der Waals surface area contributed by atoms with Gasteiger partial charge in [0.25, 0.3) is 0 Å². The van der Waals surface area contributed by atoms with E-state index in [9.17, 15) is 9.90 Å². The van der Waals surface area contributed by atoms with Crippen molar-refractivity contribution in [3.63, 3.8) is 0 Å². The Kier molecular flexibility index (Phi) is 8.38. The van der Waals surface area contributed by atoms with Gasteiger partial charge in [0.2, 0.25) is 5.91 Å². The fraction of sp³-hybridized carbons (Fsp3) is 0.920. The van der Waals surface area contributed by atoms with Crippen molar-refractivity contribution in [2.45, 2.75) is 94.5 Å². The first-order valence-corrected chi connectivity index (χ1v) is 13.9. The number of piperidine rings is 1. The SMILES string of the molecule is CCC1=NC(C(N)=O)C(NC2CCC(N3CCC(N4CCN(C5COC5)CC4)CC3)CC2)NC1O. The lowest BCUT2D eigenvalue weighted by Crippen LogP contribution is -2.64. The van der Waals surface area contributed by atoms with Crippen molar-refractivity contribution in [1.82, 2.24) is 25.3 Å². The average Bonchev–Trinajstić information content (AvgIpc) is 2.84. The Morgan fingerprint density at radius 2 is 1.54 bits per heavy atom. The summed E-state index contributed by atoms with van der Waals surface area (Å²) in [4.78, 5) is 24.5. The zero-order valence-corrected chi connectivity index (χ0v) is 21.3. The molecule has 1 aliphatic carbocycles. The van der Waals surface area contributed by atoms with Crippen LogP contribution in [0.25, 0.3) is 0 Å². The van der Waals surface area contributed by atoms with E-state index >= 15 is 0 Å². The molecule has 0 spiro atoms. The van der Waals surface area contributed by atoms with E-state index in [4.69, 9.17) is 10.5 Å². The Bertz CT molecular complexity index is 739. The molecule has 1 saturated carbocycles. The van der Waals surface area contributed by atoms with Crippen LogP contribution in [0.3, 0.4) is 0 Å². The Balaban J connectivity index is 1.03. The monoisotopic (exact) mass is 491 g/mol. The molecule has 5 aliphatic rings. The molecule has 3 saturated heterocycles. The maximum absolute atomic E-state index is 12.0. The highest BCUT2D eigenvalue weighted by atomic mass is 16.5. The topological polar surface area (TPSA) is 119 Å². The fourth-order valence-electron chi connectivity index (χ4n) is 6.71. The number of likely N-dealkylation sites (tertiary alicyclic amines) is 1. The maximum Gasteiger partial charge on any atom is 0.245 e. The second kappa shape index (κ2) is 11.5. The van der Waals surface area contributed by atoms with Gasteiger partial charge >= 0.3 is 0 Å². The minimum atomic E-state index is -0.819. The first-order valence-electron chi connectivity index (χ1n) is 13.9. The van der Waals surface area contributed by atoms with Crippen molar-refractivity contribution in [1.29, 1.82) is 0 Å². The fourth-order valence-corrected chi connectivity index (χ4v) is 6.71. The number of primary amides is 1. The third-order valence-corrected chi connectivity index (χ3v) is 9.06. The van der Waals surface area contributed by atoms with Gasteiger partial charge in [-0.15, -0.1) is 0 Å². The molecule has 0 radical (unpaired) electrons. The largest absolute Gasteiger partial charge is 0.378 e. The molecular weight excluding hydrogens is 446 g/mol. The number of aliphatic imine (C=N–C) groups is 1. The van der Waals surface area contributed by atoms with Crippen LogP contribution in [0.4, 0.5) is 0 Å². The quantitative estimate of drug-likeness (QED) is 0.370. The van der Waals surface area contributed by atoms with Crippen LogP contribution in [0.2, 0.25) is 0 Å². The van der Waals surface area contributed by atoms with Crippen molar-refractivity contribution >= 4 is 11.6 Å². The molecule has 10 nitrogen and oxygen atoms in total. The Hall–Kier alpha value is -1.14. The summed E-state index contributed by atoms with van der Waals surface area (Å²) in [6.07, 6.45) is 6.42. The predicted octanol–water partition coefficient (Wildman–Crippen LogP) is -0.679. The molecule has 5 N–H and O–H groups in total. The van der Waals surface area contributed by atoms with Crippen molar-refractivity contribution in [2.24, 2.45) is 10.7 Å². The van der Waals surface area contributed by atoms with E-state index in [1.807, 2.05) is 6.92 Å². The molecule has 198 valence electrons. The van der Waals surface area contributed by atoms with Gasteiger partial charge in [-0.25, -0.2) is 0 Å². The number of ether oxygens (including phenoxy) is 1. The zero-order valence-electron chi connectivity index (χ0n) is 21.3. The van der Waals surface area contributed by atoms with Gasteiger partial charge < -0.3 is 20.5 Å². The van der Waals surface area contributed by atoms with Gasteiger partial charge in [-0.1, -0.05) is 6.92 Å². The number of piperazine rings is 1. The number of carbonyl (C=O) groups excluding carboxylic acids is 1. The molecule has 3 unspecified atom stereocenters. The lowest BCUT2D eigenvalue weighted by molar-refractivity contribution is -0.120. The molecule has 35 heavy (non-hydrogen) atoms.